The molecule has 0 atom stereocenters. The summed E-state index contributed by atoms with van der Waals surface area (Å²) in [7, 11) is 0. The molecule has 0 rings (SSSR count). The van der Waals surface area contributed by atoms with Crippen LogP contribution in [-0.4, -0.2) is 30.0 Å². The van der Waals surface area contributed by atoms with Gasteiger partial charge in [0.15, 0.2) is 0 Å². The van der Waals surface area contributed by atoms with Gasteiger partial charge >= 0.3 is 11.9 Å². The second-order valence-corrected chi connectivity index (χ2v) is 3.60. The standard InChI is InChI=1S/C9H15NO4S/c1-3-13-8(11)4-5-15-14-9(12)6-7(2)10/h10H,3-6H2,1-2H3. The van der Waals surface area contributed by atoms with E-state index in [1.807, 2.05) is 0 Å². The van der Waals surface area contributed by atoms with E-state index in [1.54, 1.807) is 6.92 Å². The molecule has 0 aliphatic rings. The first-order valence-corrected chi connectivity index (χ1v) is 5.49. The maximum atomic E-state index is 10.9. The minimum Gasteiger partial charge on any atom is -0.466 e. The summed E-state index contributed by atoms with van der Waals surface area (Å²) in [6, 6.07) is 0. The fourth-order valence-electron chi connectivity index (χ4n) is 0.712. The number of carbonyl (C=O) groups is 2. The molecule has 1 N–H and O–H groups in total. The van der Waals surface area contributed by atoms with Gasteiger partial charge in [0.25, 0.3) is 0 Å². The fraction of sp³-hybridized carbons (Fsp3) is 0.667. The zero-order valence-corrected chi connectivity index (χ0v) is 9.69. The zero-order chi connectivity index (χ0) is 11.7. The summed E-state index contributed by atoms with van der Waals surface area (Å²) in [5, 5.41) is 7.04. The van der Waals surface area contributed by atoms with Crippen LogP contribution in [0.4, 0.5) is 0 Å². The van der Waals surface area contributed by atoms with Crippen molar-refractivity contribution in [1.29, 1.82) is 5.41 Å². The average molecular weight is 233 g/mol. The maximum absolute atomic E-state index is 10.9. The molecule has 0 bridgehead atoms. The van der Waals surface area contributed by atoms with E-state index in [-0.39, 0.29) is 24.5 Å². The highest BCUT2D eigenvalue weighted by atomic mass is 32.2. The summed E-state index contributed by atoms with van der Waals surface area (Å²) in [4.78, 5) is 21.8. The molecule has 0 saturated carbocycles. The van der Waals surface area contributed by atoms with Gasteiger partial charge in [-0.1, -0.05) is 0 Å². The van der Waals surface area contributed by atoms with Gasteiger partial charge in [-0.25, -0.2) is 0 Å². The summed E-state index contributed by atoms with van der Waals surface area (Å²) in [5.41, 5.74) is 0.256. The largest absolute Gasteiger partial charge is 0.466 e. The molecular formula is C9H15NO4S. The van der Waals surface area contributed by atoms with Crippen LogP contribution in [0.5, 0.6) is 0 Å². The molecule has 86 valence electrons. The summed E-state index contributed by atoms with van der Waals surface area (Å²) >= 11 is 0.910. The first-order chi connectivity index (χ1) is 7.06. The van der Waals surface area contributed by atoms with Crippen molar-refractivity contribution in [3.05, 3.63) is 0 Å². The lowest BCUT2D eigenvalue weighted by atomic mass is 10.3. The predicted molar refractivity (Wildman–Crippen MR) is 57.8 cm³/mol. The summed E-state index contributed by atoms with van der Waals surface area (Å²) in [5.74, 6) is -0.387. The van der Waals surface area contributed by atoms with Crippen molar-refractivity contribution in [2.24, 2.45) is 0 Å². The van der Waals surface area contributed by atoms with Crippen molar-refractivity contribution in [2.75, 3.05) is 12.4 Å². The van der Waals surface area contributed by atoms with Crippen LogP contribution in [0.15, 0.2) is 0 Å². The van der Waals surface area contributed by atoms with Gasteiger partial charge in [-0.3, -0.25) is 9.59 Å². The number of hydrogen-bond donors (Lipinski definition) is 1. The van der Waals surface area contributed by atoms with E-state index in [0.29, 0.717) is 12.4 Å². The lowest BCUT2D eigenvalue weighted by Crippen LogP contribution is -2.07. The Morgan fingerprint density at radius 3 is 2.53 bits per heavy atom. The smallest absolute Gasteiger partial charge is 0.323 e. The summed E-state index contributed by atoms with van der Waals surface area (Å²) in [6.45, 7) is 3.62. The molecule has 0 aromatic heterocycles. The number of hydrogen-bond acceptors (Lipinski definition) is 6. The Labute approximate surface area is 93.2 Å². The van der Waals surface area contributed by atoms with E-state index in [0.717, 1.165) is 12.0 Å². The van der Waals surface area contributed by atoms with Crippen LogP contribution in [-0.2, 0) is 18.5 Å². The number of ether oxygens (including phenoxy) is 1. The van der Waals surface area contributed by atoms with Crippen LogP contribution in [0.3, 0.4) is 0 Å². The normalized spacial score (nSPS) is 9.47. The summed E-state index contributed by atoms with van der Waals surface area (Å²) < 4.78 is 9.40. The third-order valence-electron chi connectivity index (χ3n) is 1.26. The first-order valence-electron chi connectivity index (χ1n) is 4.58. The second-order valence-electron chi connectivity index (χ2n) is 2.79. The summed E-state index contributed by atoms with van der Waals surface area (Å²) in [6.07, 6.45) is 0.210. The Kier molecular flexibility index (Phi) is 7.71. The lowest BCUT2D eigenvalue weighted by molar-refractivity contribution is -0.142. The van der Waals surface area contributed by atoms with Crippen LogP contribution < -0.4 is 0 Å². The SMILES string of the molecule is CCOC(=O)CCSOC(=O)CC(C)=N. The van der Waals surface area contributed by atoms with E-state index in [2.05, 4.69) is 4.74 Å². The van der Waals surface area contributed by atoms with Crippen molar-refractivity contribution in [1.82, 2.24) is 0 Å². The van der Waals surface area contributed by atoms with Gasteiger partial charge in [0, 0.05) is 11.5 Å². The fourth-order valence-corrected chi connectivity index (χ4v) is 1.24. The van der Waals surface area contributed by atoms with E-state index >= 15 is 0 Å². The molecule has 0 spiro atoms. The van der Waals surface area contributed by atoms with Gasteiger partial charge in [-0.05, 0) is 13.8 Å². The van der Waals surface area contributed by atoms with Gasteiger partial charge in [0.1, 0.15) is 0 Å². The quantitative estimate of drug-likeness (QED) is 0.312. The van der Waals surface area contributed by atoms with E-state index in [9.17, 15) is 9.59 Å². The van der Waals surface area contributed by atoms with E-state index in [4.69, 9.17) is 9.59 Å². The molecule has 5 nitrogen and oxygen atoms in total. The molecule has 15 heavy (non-hydrogen) atoms. The Bertz CT molecular complexity index is 242. The molecule has 0 saturated heterocycles. The highest BCUT2D eigenvalue weighted by Crippen LogP contribution is 2.07. The van der Waals surface area contributed by atoms with Crippen LogP contribution in [0.2, 0.25) is 0 Å². The second kappa shape index (κ2) is 8.28. The van der Waals surface area contributed by atoms with Gasteiger partial charge in [-0.2, -0.15) is 0 Å². The molecule has 0 aromatic rings. The van der Waals surface area contributed by atoms with Gasteiger partial charge in [0.05, 0.1) is 31.5 Å². The minimum absolute atomic E-state index is 0.00753. The van der Waals surface area contributed by atoms with Crippen molar-refractivity contribution >= 4 is 29.7 Å². The van der Waals surface area contributed by atoms with Crippen LogP contribution in [0.25, 0.3) is 0 Å². The van der Waals surface area contributed by atoms with Crippen LogP contribution >= 0.6 is 12.0 Å². The van der Waals surface area contributed by atoms with Crippen LogP contribution in [0, 0.1) is 5.41 Å². The zero-order valence-electron chi connectivity index (χ0n) is 8.87. The van der Waals surface area contributed by atoms with Crippen molar-refractivity contribution in [2.45, 2.75) is 26.7 Å². The Morgan fingerprint density at radius 1 is 1.33 bits per heavy atom. The van der Waals surface area contributed by atoms with Crippen molar-refractivity contribution < 1.29 is 18.5 Å². The molecule has 0 fully saturated rings. The minimum atomic E-state index is -0.462. The third kappa shape index (κ3) is 9.27. The highest BCUT2D eigenvalue weighted by Gasteiger charge is 2.06. The third-order valence-corrected chi connectivity index (χ3v) is 1.93. The van der Waals surface area contributed by atoms with Gasteiger partial charge in [-0.15, -0.1) is 0 Å². The highest BCUT2D eigenvalue weighted by molar-refractivity contribution is 7.95. The average Bonchev–Trinajstić information content (AvgIpc) is 2.12. The molecule has 0 amide bonds. The Hall–Kier alpha value is -1.04. The molecule has 0 heterocycles. The molecule has 0 aromatic carbocycles. The van der Waals surface area contributed by atoms with Gasteiger partial charge < -0.3 is 14.3 Å². The number of rotatable bonds is 7. The Balaban J connectivity index is 3.42. The molecule has 0 unspecified atom stereocenters. The van der Waals surface area contributed by atoms with Gasteiger partial charge in [0.2, 0.25) is 0 Å². The van der Waals surface area contributed by atoms with E-state index < -0.39 is 5.97 Å². The molecule has 6 heteroatoms. The van der Waals surface area contributed by atoms with E-state index in [1.165, 1.54) is 6.92 Å². The Morgan fingerprint density at radius 2 is 2.00 bits per heavy atom. The topological polar surface area (TPSA) is 76.5 Å². The number of nitrogens with one attached hydrogen (secondary N) is 1. The molecular weight excluding hydrogens is 218 g/mol. The molecule has 0 aliphatic heterocycles. The predicted octanol–water partition coefficient (Wildman–Crippen LogP) is 1.56. The lowest BCUT2D eigenvalue weighted by Gasteiger charge is -2.02. The van der Waals surface area contributed by atoms with Crippen molar-refractivity contribution in [3.8, 4) is 0 Å². The molecule has 0 aliphatic carbocycles. The van der Waals surface area contributed by atoms with Crippen molar-refractivity contribution in [3.63, 3.8) is 0 Å². The maximum Gasteiger partial charge on any atom is 0.323 e. The first kappa shape index (κ1) is 14.0. The van der Waals surface area contributed by atoms with Crippen LogP contribution in [0.1, 0.15) is 26.7 Å². The number of esters is 1. The molecule has 0 radical (unpaired) electrons. The number of carbonyl (C=O) groups excluding carboxylic acids is 2. The monoisotopic (exact) mass is 233 g/mol.